The summed E-state index contributed by atoms with van der Waals surface area (Å²) in [5.41, 5.74) is 7.12. The molecule has 0 fully saturated rings. The fourth-order valence-corrected chi connectivity index (χ4v) is 2.93. The third-order valence-corrected chi connectivity index (χ3v) is 4.79. The second-order valence-corrected chi connectivity index (χ2v) is 7.75. The molecular formula is C26H26N4O4. The second-order valence-electron chi connectivity index (χ2n) is 7.75. The standard InChI is InChI=1S/C26H26N4O4/c1-17-8-11-21(12-9-17)28-25(32)26(33)30-27-15-20-5-4-6-22(14-20)34-16-24(31)29-23-13-18(2)7-10-19(23)3/h4-15H,16H2,1-3H3,(H,28,32)(H,29,31)(H,30,33)/b27-15-. The highest BCUT2D eigenvalue weighted by Gasteiger charge is 2.12. The molecule has 3 rings (SSSR count). The van der Waals surface area contributed by atoms with Crippen LogP contribution in [0.5, 0.6) is 5.75 Å². The zero-order valence-corrected chi connectivity index (χ0v) is 19.2. The Balaban J connectivity index is 1.49. The number of nitrogens with zero attached hydrogens (tertiary/aromatic N) is 1. The molecule has 0 radical (unpaired) electrons. The largest absolute Gasteiger partial charge is 0.484 e. The molecule has 0 aliphatic heterocycles. The average molecular weight is 459 g/mol. The highest BCUT2D eigenvalue weighted by atomic mass is 16.5. The summed E-state index contributed by atoms with van der Waals surface area (Å²) in [6.07, 6.45) is 1.38. The first-order chi connectivity index (χ1) is 16.3. The van der Waals surface area contributed by atoms with Gasteiger partial charge in [0.05, 0.1) is 6.21 Å². The van der Waals surface area contributed by atoms with Crippen LogP contribution in [0.25, 0.3) is 0 Å². The molecule has 0 saturated carbocycles. The number of aryl methyl sites for hydroxylation is 3. The number of hydrogen-bond acceptors (Lipinski definition) is 5. The molecule has 174 valence electrons. The molecule has 8 nitrogen and oxygen atoms in total. The number of carbonyl (C=O) groups excluding carboxylic acids is 3. The fourth-order valence-electron chi connectivity index (χ4n) is 2.93. The van der Waals surface area contributed by atoms with Crippen LogP contribution in [-0.2, 0) is 14.4 Å². The third-order valence-electron chi connectivity index (χ3n) is 4.79. The summed E-state index contributed by atoms with van der Waals surface area (Å²) in [6.45, 7) is 5.64. The highest BCUT2D eigenvalue weighted by Crippen LogP contribution is 2.17. The van der Waals surface area contributed by atoms with Crippen molar-refractivity contribution in [2.75, 3.05) is 17.2 Å². The van der Waals surface area contributed by atoms with E-state index in [9.17, 15) is 14.4 Å². The molecule has 0 atom stereocenters. The summed E-state index contributed by atoms with van der Waals surface area (Å²) in [6, 6.07) is 19.7. The van der Waals surface area contributed by atoms with E-state index < -0.39 is 11.8 Å². The van der Waals surface area contributed by atoms with Gasteiger partial charge in [-0.3, -0.25) is 14.4 Å². The van der Waals surface area contributed by atoms with Gasteiger partial charge in [-0.25, -0.2) is 5.43 Å². The van der Waals surface area contributed by atoms with Gasteiger partial charge in [0.15, 0.2) is 6.61 Å². The van der Waals surface area contributed by atoms with Gasteiger partial charge in [0.25, 0.3) is 5.91 Å². The molecule has 0 bridgehead atoms. The van der Waals surface area contributed by atoms with Crippen LogP contribution >= 0.6 is 0 Å². The maximum absolute atomic E-state index is 12.2. The smallest absolute Gasteiger partial charge is 0.329 e. The Morgan fingerprint density at radius 2 is 1.59 bits per heavy atom. The molecule has 34 heavy (non-hydrogen) atoms. The van der Waals surface area contributed by atoms with Crippen molar-refractivity contribution in [3.8, 4) is 5.75 Å². The minimum absolute atomic E-state index is 0.163. The molecule has 3 aromatic carbocycles. The predicted octanol–water partition coefficient (Wildman–Crippen LogP) is 3.72. The Labute approximate surface area is 198 Å². The lowest BCUT2D eigenvalue weighted by Crippen LogP contribution is -2.32. The van der Waals surface area contributed by atoms with Crippen LogP contribution in [0, 0.1) is 20.8 Å². The fraction of sp³-hybridized carbons (Fsp3) is 0.154. The summed E-state index contributed by atoms with van der Waals surface area (Å²) < 4.78 is 5.57. The molecule has 0 saturated heterocycles. The van der Waals surface area contributed by atoms with Crippen LogP contribution in [0.2, 0.25) is 0 Å². The average Bonchev–Trinajstić information content (AvgIpc) is 2.82. The third kappa shape index (κ3) is 7.30. The van der Waals surface area contributed by atoms with Crippen LogP contribution in [0.3, 0.4) is 0 Å². The van der Waals surface area contributed by atoms with Crippen LogP contribution in [0.15, 0.2) is 71.8 Å². The van der Waals surface area contributed by atoms with E-state index in [0.29, 0.717) is 17.0 Å². The molecule has 3 amide bonds. The van der Waals surface area contributed by atoms with Gasteiger partial charge in [0, 0.05) is 11.4 Å². The Hall–Kier alpha value is -4.46. The molecule has 3 aromatic rings. The van der Waals surface area contributed by atoms with Gasteiger partial charge in [-0.15, -0.1) is 0 Å². The van der Waals surface area contributed by atoms with Crippen molar-refractivity contribution in [2.45, 2.75) is 20.8 Å². The minimum Gasteiger partial charge on any atom is -0.484 e. The number of ether oxygens (including phenoxy) is 1. The number of hydrazone groups is 1. The number of nitrogens with one attached hydrogen (secondary N) is 3. The van der Waals surface area contributed by atoms with E-state index in [1.165, 1.54) is 6.21 Å². The van der Waals surface area contributed by atoms with Crippen molar-refractivity contribution < 1.29 is 19.1 Å². The van der Waals surface area contributed by atoms with Gasteiger partial charge in [-0.2, -0.15) is 5.10 Å². The van der Waals surface area contributed by atoms with Gasteiger partial charge in [-0.05, 0) is 67.8 Å². The minimum atomic E-state index is -0.896. The van der Waals surface area contributed by atoms with Crippen LogP contribution in [0.4, 0.5) is 11.4 Å². The van der Waals surface area contributed by atoms with Crippen molar-refractivity contribution in [2.24, 2.45) is 5.10 Å². The lowest BCUT2D eigenvalue weighted by molar-refractivity contribution is -0.136. The zero-order chi connectivity index (χ0) is 24.5. The summed E-state index contributed by atoms with van der Waals surface area (Å²) >= 11 is 0. The first-order valence-electron chi connectivity index (χ1n) is 10.6. The first kappa shape index (κ1) is 24.2. The number of amides is 3. The van der Waals surface area contributed by atoms with Crippen LogP contribution in [-0.4, -0.2) is 30.5 Å². The maximum atomic E-state index is 12.2. The Morgan fingerprint density at radius 1 is 0.853 bits per heavy atom. The van der Waals surface area contributed by atoms with E-state index in [4.69, 9.17) is 4.74 Å². The van der Waals surface area contributed by atoms with Gasteiger partial charge in [0.1, 0.15) is 5.75 Å². The Bertz CT molecular complexity index is 1220. The van der Waals surface area contributed by atoms with Crippen molar-refractivity contribution in [3.63, 3.8) is 0 Å². The van der Waals surface area contributed by atoms with Crippen LogP contribution < -0.4 is 20.8 Å². The van der Waals surface area contributed by atoms with E-state index >= 15 is 0 Å². The van der Waals surface area contributed by atoms with Gasteiger partial charge >= 0.3 is 11.8 Å². The van der Waals surface area contributed by atoms with Crippen molar-refractivity contribution in [3.05, 3.63) is 89.0 Å². The molecule has 3 N–H and O–H groups in total. The molecule has 0 spiro atoms. The molecule has 0 aromatic heterocycles. The van der Waals surface area contributed by atoms with E-state index in [0.717, 1.165) is 22.4 Å². The van der Waals surface area contributed by atoms with Crippen molar-refractivity contribution in [1.82, 2.24) is 5.43 Å². The van der Waals surface area contributed by atoms with E-state index in [1.807, 2.05) is 51.1 Å². The quantitative estimate of drug-likeness (QED) is 0.285. The number of hydrogen-bond donors (Lipinski definition) is 3. The summed E-state index contributed by atoms with van der Waals surface area (Å²) in [7, 11) is 0. The Kier molecular flexibility index (Phi) is 8.12. The molecule has 0 aliphatic rings. The molecule has 0 heterocycles. The van der Waals surface area contributed by atoms with Crippen LogP contribution in [0.1, 0.15) is 22.3 Å². The highest BCUT2D eigenvalue weighted by molar-refractivity contribution is 6.39. The monoisotopic (exact) mass is 458 g/mol. The topological polar surface area (TPSA) is 109 Å². The van der Waals surface area contributed by atoms with E-state index in [-0.39, 0.29) is 12.5 Å². The summed E-state index contributed by atoms with van der Waals surface area (Å²) in [4.78, 5) is 36.1. The van der Waals surface area contributed by atoms with Gasteiger partial charge < -0.3 is 15.4 Å². The number of benzene rings is 3. The lowest BCUT2D eigenvalue weighted by Gasteiger charge is -2.10. The second kappa shape index (κ2) is 11.4. The molecular weight excluding hydrogens is 432 g/mol. The number of carbonyl (C=O) groups is 3. The predicted molar refractivity (Wildman–Crippen MR) is 132 cm³/mol. The maximum Gasteiger partial charge on any atom is 0.329 e. The number of rotatable bonds is 7. The van der Waals surface area contributed by atoms with E-state index in [2.05, 4.69) is 21.2 Å². The molecule has 0 aliphatic carbocycles. The Morgan fingerprint density at radius 3 is 2.35 bits per heavy atom. The van der Waals surface area contributed by atoms with Gasteiger partial charge in [0.2, 0.25) is 0 Å². The lowest BCUT2D eigenvalue weighted by atomic mass is 10.1. The SMILES string of the molecule is Cc1ccc(NC(=O)C(=O)N/N=C\c2cccc(OCC(=O)Nc3cc(C)ccc3C)c2)cc1. The molecule has 0 unspecified atom stereocenters. The normalized spacial score (nSPS) is 10.6. The molecule has 8 heteroatoms. The van der Waals surface area contributed by atoms with E-state index in [1.54, 1.807) is 36.4 Å². The summed E-state index contributed by atoms with van der Waals surface area (Å²) in [5.74, 6) is -1.54. The summed E-state index contributed by atoms with van der Waals surface area (Å²) in [5, 5.41) is 9.14. The number of anilines is 2. The van der Waals surface area contributed by atoms with Gasteiger partial charge in [-0.1, -0.05) is 42.0 Å². The zero-order valence-electron chi connectivity index (χ0n) is 19.2. The van der Waals surface area contributed by atoms with Crippen molar-refractivity contribution in [1.29, 1.82) is 0 Å². The van der Waals surface area contributed by atoms with Crippen molar-refractivity contribution >= 4 is 35.3 Å². The first-order valence-corrected chi connectivity index (χ1v) is 10.6.